The van der Waals surface area contributed by atoms with Gasteiger partial charge in [0.05, 0.1) is 12.0 Å². The highest BCUT2D eigenvalue weighted by molar-refractivity contribution is 7.98. The van der Waals surface area contributed by atoms with Crippen LogP contribution in [0, 0.1) is 0 Å². The van der Waals surface area contributed by atoms with Gasteiger partial charge in [-0.2, -0.15) is 0 Å². The predicted octanol–water partition coefficient (Wildman–Crippen LogP) is 3.04. The fourth-order valence-electron chi connectivity index (χ4n) is 1.86. The molecule has 0 spiro atoms. The summed E-state index contributed by atoms with van der Waals surface area (Å²) in [6, 6.07) is 0. The number of anilines is 1. The van der Waals surface area contributed by atoms with Crippen molar-refractivity contribution in [1.82, 2.24) is 9.97 Å². The Morgan fingerprint density at radius 3 is 2.95 bits per heavy atom. The maximum absolute atomic E-state index is 12.0. The molecule has 0 aromatic carbocycles. The minimum atomic E-state index is -0.398. The van der Waals surface area contributed by atoms with Gasteiger partial charge in [-0.1, -0.05) is 17.0 Å². The van der Waals surface area contributed by atoms with Crippen molar-refractivity contribution in [3.05, 3.63) is 4.88 Å². The van der Waals surface area contributed by atoms with Gasteiger partial charge in [0.15, 0.2) is 11.0 Å². The number of thioether (sulfide) groups is 1. The largest absolute Gasteiger partial charge is 0.462 e. The van der Waals surface area contributed by atoms with Crippen molar-refractivity contribution in [2.75, 3.05) is 24.9 Å². The van der Waals surface area contributed by atoms with E-state index >= 15 is 0 Å². The molecule has 0 N–H and O–H groups in total. The molecule has 3 rings (SSSR count). The zero-order valence-electron chi connectivity index (χ0n) is 11.1. The van der Waals surface area contributed by atoms with E-state index in [2.05, 4.69) is 20.3 Å². The van der Waals surface area contributed by atoms with E-state index in [1.807, 2.05) is 6.26 Å². The lowest BCUT2D eigenvalue weighted by atomic mass is 10.2. The van der Waals surface area contributed by atoms with Crippen molar-refractivity contribution in [3.8, 4) is 0 Å². The molecule has 1 aliphatic rings. The maximum Gasteiger partial charge on any atom is 0.350 e. The van der Waals surface area contributed by atoms with Gasteiger partial charge in [-0.05, 0) is 13.2 Å². The number of hydrogen-bond acceptors (Lipinski definition) is 9. The monoisotopic (exact) mass is 309 g/mol. The average molecular weight is 309 g/mol. The van der Waals surface area contributed by atoms with E-state index in [0.717, 1.165) is 10.2 Å². The van der Waals surface area contributed by atoms with Gasteiger partial charge in [0.1, 0.15) is 15.4 Å². The van der Waals surface area contributed by atoms with Crippen molar-refractivity contribution < 1.29 is 9.53 Å². The lowest BCUT2D eigenvalue weighted by Gasteiger charge is -2.15. The Balaban J connectivity index is 2.27. The number of nitrogens with zero attached hydrogens (tertiary/aromatic N) is 5. The summed E-state index contributed by atoms with van der Waals surface area (Å²) in [5, 5.41) is 11.1. The second-order valence-electron chi connectivity index (χ2n) is 3.93. The summed E-state index contributed by atoms with van der Waals surface area (Å²) in [4.78, 5) is 22.0. The first-order valence-electron chi connectivity index (χ1n) is 5.86. The Labute approximate surface area is 123 Å². The van der Waals surface area contributed by atoms with E-state index in [-0.39, 0.29) is 0 Å². The average Bonchev–Trinajstić information content (AvgIpc) is 2.82. The highest BCUT2D eigenvalue weighted by Crippen LogP contribution is 2.44. The Bertz CT molecular complexity index is 727. The van der Waals surface area contributed by atoms with Gasteiger partial charge in [0, 0.05) is 7.05 Å². The van der Waals surface area contributed by atoms with Gasteiger partial charge in [0.2, 0.25) is 0 Å². The molecule has 20 heavy (non-hydrogen) atoms. The maximum atomic E-state index is 12.0. The second-order valence-corrected chi connectivity index (χ2v) is 5.70. The van der Waals surface area contributed by atoms with Gasteiger partial charge in [0.25, 0.3) is 0 Å². The van der Waals surface area contributed by atoms with Gasteiger partial charge in [-0.15, -0.1) is 16.5 Å². The molecular formula is C11H11N5O2S2. The normalized spacial score (nSPS) is 13.1. The van der Waals surface area contributed by atoms with Crippen LogP contribution in [0.2, 0.25) is 0 Å². The van der Waals surface area contributed by atoms with E-state index < -0.39 is 5.97 Å². The number of esters is 1. The number of rotatable bonds is 3. The molecule has 0 aliphatic carbocycles. The predicted molar refractivity (Wildman–Crippen MR) is 78.1 cm³/mol. The van der Waals surface area contributed by atoms with Crippen molar-refractivity contribution in [2.45, 2.75) is 12.1 Å². The van der Waals surface area contributed by atoms with Crippen LogP contribution in [0.4, 0.5) is 11.5 Å². The summed E-state index contributed by atoms with van der Waals surface area (Å²) in [5.41, 5.74) is 0.504. The molecule has 1 aliphatic heterocycles. The van der Waals surface area contributed by atoms with Crippen LogP contribution in [-0.4, -0.2) is 35.8 Å². The molecule has 0 unspecified atom stereocenters. The van der Waals surface area contributed by atoms with E-state index in [9.17, 15) is 4.79 Å². The lowest BCUT2D eigenvalue weighted by Crippen LogP contribution is -2.12. The van der Waals surface area contributed by atoms with Gasteiger partial charge >= 0.3 is 5.97 Å². The van der Waals surface area contributed by atoms with Crippen LogP contribution in [0.15, 0.2) is 15.5 Å². The summed E-state index contributed by atoms with van der Waals surface area (Å²) < 4.78 is 5.05. The molecule has 0 atom stereocenters. The molecule has 104 valence electrons. The van der Waals surface area contributed by atoms with Gasteiger partial charge in [-0.3, -0.25) is 0 Å². The van der Waals surface area contributed by atoms with Crippen molar-refractivity contribution >= 4 is 50.8 Å². The quantitative estimate of drug-likeness (QED) is 0.492. The van der Waals surface area contributed by atoms with Gasteiger partial charge < -0.3 is 4.74 Å². The zero-order valence-corrected chi connectivity index (χ0v) is 12.7. The molecular weight excluding hydrogens is 298 g/mol. The molecule has 3 heterocycles. The first kappa shape index (κ1) is 13.3. The highest BCUT2D eigenvalue weighted by atomic mass is 32.2. The van der Waals surface area contributed by atoms with Crippen molar-refractivity contribution in [1.29, 1.82) is 0 Å². The molecule has 0 saturated heterocycles. The third-order valence-corrected chi connectivity index (χ3v) is 4.32. The van der Waals surface area contributed by atoms with Crippen molar-refractivity contribution in [2.24, 2.45) is 10.3 Å². The fraction of sp³-hybridized carbons (Fsp3) is 0.364. The van der Waals surface area contributed by atoms with Crippen LogP contribution in [0.3, 0.4) is 0 Å². The standard InChI is InChI=1S/C11H11N5O2S2/c1-4-18-10(17)7-6-5-8(16(2)15-14-6)12-11(19-3)13-9(5)20-7/h4H2,1-3H3. The smallest absolute Gasteiger partial charge is 0.350 e. The Morgan fingerprint density at radius 1 is 1.45 bits per heavy atom. The van der Waals surface area contributed by atoms with Crippen LogP contribution >= 0.6 is 23.1 Å². The number of thiophene rings is 1. The Morgan fingerprint density at radius 2 is 2.25 bits per heavy atom. The summed E-state index contributed by atoms with van der Waals surface area (Å²) in [5.74, 6) is 0.266. The summed E-state index contributed by atoms with van der Waals surface area (Å²) in [6.45, 7) is 2.08. The molecule has 7 nitrogen and oxygen atoms in total. The van der Waals surface area contributed by atoms with Crippen LogP contribution in [-0.2, 0) is 4.74 Å². The Hall–Kier alpha value is -1.74. The van der Waals surface area contributed by atoms with Crippen LogP contribution in [0.5, 0.6) is 0 Å². The van der Waals surface area contributed by atoms with Crippen LogP contribution in [0.1, 0.15) is 16.6 Å². The topological polar surface area (TPSA) is 80.0 Å². The third kappa shape index (κ3) is 1.93. The number of aromatic nitrogens is 2. The third-order valence-electron chi connectivity index (χ3n) is 2.72. The number of carbonyl (C=O) groups is 1. The molecule has 0 fully saturated rings. The summed E-state index contributed by atoms with van der Waals surface area (Å²) >= 11 is 2.71. The second kappa shape index (κ2) is 4.98. The number of carbonyl (C=O) groups excluding carboxylic acids is 1. The lowest BCUT2D eigenvalue weighted by molar-refractivity contribution is 0.0533. The van der Waals surface area contributed by atoms with Crippen molar-refractivity contribution in [3.63, 3.8) is 0 Å². The van der Waals surface area contributed by atoms with E-state index in [0.29, 0.717) is 28.1 Å². The molecule has 0 bridgehead atoms. The van der Waals surface area contributed by atoms with Crippen LogP contribution < -0.4 is 5.01 Å². The van der Waals surface area contributed by atoms with E-state index in [1.165, 1.54) is 23.1 Å². The molecule has 0 saturated carbocycles. The molecule has 0 radical (unpaired) electrons. The molecule has 0 amide bonds. The highest BCUT2D eigenvalue weighted by Gasteiger charge is 2.28. The van der Waals surface area contributed by atoms with E-state index in [1.54, 1.807) is 19.0 Å². The number of hydrogen-bond donors (Lipinski definition) is 0. The van der Waals surface area contributed by atoms with E-state index in [4.69, 9.17) is 4.74 Å². The fourth-order valence-corrected chi connectivity index (χ4v) is 3.27. The molecule has 2 aromatic heterocycles. The van der Waals surface area contributed by atoms with Gasteiger partial charge in [-0.25, -0.2) is 19.8 Å². The van der Waals surface area contributed by atoms with Crippen LogP contribution in [0.25, 0.3) is 10.2 Å². The Kier molecular flexibility index (Phi) is 3.30. The molecule has 2 aromatic rings. The zero-order chi connectivity index (χ0) is 14.3. The summed E-state index contributed by atoms with van der Waals surface area (Å²) in [6.07, 6.45) is 1.90. The number of ether oxygens (including phenoxy) is 1. The first-order chi connectivity index (χ1) is 9.65. The minimum absolute atomic E-state index is 0.318. The molecule has 9 heteroatoms. The first-order valence-corrected chi connectivity index (χ1v) is 7.90. The SMILES string of the molecule is CCOC(=O)c1sc2nc(SC)nc3c2c1N=NN3C. The minimum Gasteiger partial charge on any atom is -0.462 e. The summed E-state index contributed by atoms with van der Waals surface area (Å²) in [7, 11) is 1.76.